The minimum atomic E-state index is -0.229. The molecule has 1 nitrogen and oxygen atoms in total. The monoisotopic (exact) mass is 211 g/mol. The SMILES string of the molecule is CCCN(CCC)C[CH2][Al]1[CH2]CC[CH2]1. The largest absolute Gasteiger partial charge is 0.305 e. The fourth-order valence-electron chi connectivity index (χ4n) is 2.63. The molecule has 14 heavy (non-hydrogen) atoms. The molecule has 0 radical (unpaired) electrons. The molecule has 0 unspecified atom stereocenters. The van der Waals surface area contributed by atoms with Gasteiger partial charge in [-0.2, -0.15) is 0 Å². The molecule has 82 valence electrons. The van der Waals surface area contributed by atoms with E-state index in [9.17, 15) is 0 Å². The summed E-state index contributed by atoms with van der Waals surface area (Å²) in [6, 6.07) is 0. The highest BCUT2D eigenvalue weighted by molar-refractivity contribution is 6.59. The molecule has 0 saturated carbocycles. The van der Waals surface area contributed by atoms with Crippen molar-refractivity contribution in [2.45, 2.75) is 55.4 Å². The van der Waals surface area contributed by atoms with Gasteiger partial charge < -0.3 is 4.90 Å². The molecule has 0 bridgehead atoms. The summed E-state index contributed by atoms with van der Waals surface area (Å²) < 4.78 is 0. The summed E-state index contributed by atoms with van der Waals surface area (Å²) in [6.07, 6.45) is 5.76. The second-order valence-corrected chi connectivity index (χ2v) is 8.24. The van der Waals surface area contributed by atoms with Crippen molar-refractivity contribution >= 4 is 14.1 Å². The minimum Gasteiger partial charge on any atom is -0.305 e. The predicted octanol–water partition coefficient (Wildman–Crippen LogP) is 3.40. The number of hydrogen-bond acceptors (Lipinski definition) is 1. The second-order valence-electron chi connectivity index (χ2n) is 4.78. The molecule has 1 rings (SSSR count). The Morgan fingerprint density at radius 3 is 2.00 bits per heavy atom. The molecule has 0 aliphatic carbocycles. The highest BCUT2D eigenvalue weighted by Gasteiger charge is 2.21. The van der Waals surface area contributed by atoms with Crippen LogP contribution in [0.4, 0.5) is 0 Å². The third-order valence-electron chi connectivity index (χ3n) is 3.41. The molecule has 0 atom stereocenters. The van der Waals surface area contributed by atoms with Crippen molar-refractivity contribution in [2.75, 3.05) is 19.6 Å². The van der Waals surface area contributed by atoms with E-state index in [2.05, 4.69) is 18.7 Å². The Hall–Kier alpha value is 0.492. The summed E-state index contributed by atoms with van der Waals surface area (Å²) >= 11 is -0.229. The summed E-state index contributed by atoms with van der Waals surface area (Å²) in [4.78, 5) is 2.69. The highest BCUT2D eigenvalue weighted by Crippen LogP contribution is 2.22. The molecule has 1 heterocycles. The Labute approximate surface area is 94.3 Å². The quantitative estimate of drug-likeness (QED) is 0.583. The van der Waals surface area contributed by atoms with E-state index in [0.717, 1.165) is 0 Å². The van der Waals surface area contributed by atoms with Crippen molar-refractivity contribution in [3.05, 3.63) is 0 Å². The molecule has 0 N–H and O–H groups in total. The second kappa shape index (κ2) is 7.74. The van der Waals surface area contributed by atoms with Crippen molar-refractivity contribution in [3.63, 3.8) is 0 Å². The first-order valence-electron chi connectivity index (χ1n) is 6.59. The maximum atomic E-state index is 2.69. The Morgan fingerprint density at radius 1 is 0.929 bits per heavy atom. The van der Waals surface area contributed by atoms with E-state index < -0.39 is 0 Å². The van der Waals surface area contributed by atoms with Gasteiger partial charge in [-0.3, -0.25) is 0 Å². The van der Waals surface area contributed by atoms with Gasteiger partial charge >= 0.3 is 0 Å². The van der Waals surface area contributed by atoms with Crippen LogP contribution in [-0.2, 0) is 0 Å². The van der Waals surface area contributed by atoms with E-state index in [1.165, 1.54) is 32.5 Å². The van der Waals surface area contributed by atoms with Gasteiger partial charge in [-0.1, -0.05) is 42.5 Å². The van der Waals surface area contributed by atoms with E-state index in [0.29, 0.717) is 0 Å². The van der Waals surface area contributed by atoms with E-state index in [4.69, 9.17) is 0 Å². The van der Waals surface area contributed by atoms with Gasteiger partial charge in [0.25, 0.3) is 14.1 Å². The first kappa shape index (κ1) is 12.6. The molecule has 1 aliphatic heterocycles. The van der Waals surface area contributed by atoms with E-state index >= 15 is 0 Å². The molecular weight excluding hydrogens is 185 g/mol. The summed E-state index contributed by atoms with van der Waals surface area (Å²) in [5, 5.41) is 4.89. The highest BCUT2D eigenvalue weighted by atomic mass is 27.2. The van der Waals surface area contributed by atoms with Crippen molar-refractivity contribution < 1.29 is 0 Å². The van der Waals surface area contributed by atoms with Gasteiger partial charge in [-0.15, -0.1) is 0 Å². The fourth-order valence-corrected chi connectivity index (χ4v) is 5.96. The third kappa shape index (κ3) is 4.82. The van der Waals surface area contributed by atoms with Crippen molar-refractivity contribution in [2.24, 2.45) is 0 Å². The first-order valence-corrected chi connectivity index (χ1v) is 9.04. The molecule has 1 aliphatic rings. The Morgan fingerprint density at radius 2 is 1.50 bits per heavy atom. The summed E-state index contributed by atoms with van der Waals surface area (Å²) in [5.41, 5.74) is 0. The van der Waals surface area contributed by atoms with Crippen molar-refractivity contribution in [3.8, 4) is 0 Å². The van der Waals surface area contributed by atoms with Crippen LogP contribution in [0.1, 0.15) is 39.5 Å². The van der Waals surface area contributed by atoms with Gasteiger partial charge in [0.15, 0.2) is 0 Å². The van der Waals surface area contributed by atoms with Crippen LogP contribution in [0, 0.1) is 0 Å². The summed E-state index contributed by atoms with van der Waals surface area (Å²) in [6.45, 7) is 8.67. The lowest BCUT2D eigenvalue weighted by Crippen LogP contribution is -2.28. The average Bonchev–Trinajstić information content (AvgIpc) is 2.67. The lowest BCUT2D eigenvalue weighted by atomic mass is 10.3. The van der Waals surface area contributed by atoms with Crippen LogP contribution in [-0.4, -0.2) is 38.7 Å². The normalized spacial score (nSPS) is 16.9. The van der Waals surface area contributed by atoms with Crippen LogP contribution >= 0.6 is 0 Å². The van der Waals surface area contributed by atoms with Crippen LogP contribution in [0.2, 0.25) is 15.8 Å². The van der Waals surface area contributed by atoms with Gasteiger partial charge in [0.2, 0.25) is 0 Å². The van der Waals surface area contributed by atoms with Gasteiger partial charge in [0, 0.05) is 0 Å². The lowest BCUT2D eigenvalue weighted by molar-refractivity contribution is 0.289. The lowest BCUT2D eigenvalue weighted by Gasteiger charge is -2.21. The van der Waals surface area contributed by atoms with E-state index in [-0.39, 0.29) is 14.1 Å². The van der Waals surface area contributed by atoms with Gasteiger partial charge in [0.05, 0.1) is 0 Å². The zero-order chi connectivity index (χ0) is 10.2. The van der Waals surface area contributed by atoms with Crippen LogP contribution in [0.5, 0.6) is 0 Å². The minimum absolute atomic E-state index is 0.229. The average molecular weight is 211 g/mol. The zero-order valence-electron chi connectivity index (χ0n) is 10.1. The van der Waals surface area contributed by atoms with Gasteiger partial charge in [0.1, 0.15) is 0 Å². The number of rotatable bonds is 7. The van der Waals surface area contributed by atoms with E-state index in [1.54, 1.807) is 28.7 Å². The van der Waals surface area contributed by atoms with Gasteiger partial charge in [-0.05, 0) is 32.5 Å². The van der Waals surface area contributed by atoms with Crippen molar-refractivity contribution in [1.82, 2.24) is 4.90 Å². The molecule has 0 aromatic carbocycles. The third-order valence-corrected chi connectivity index (χ3v) is 6.93. The Kier molecular flexibility index (Phi) is 6.95. The Bertz CT molecular complexity index is 126. The Balaban J connectivity index is 2.10. The fraction of sp³-hybridized carbons (Fsp3) is 1.00. The van der Waals surface area contributed by atoms with Crippen LogP contribution in [0.15, 0.2) is 0 Å². The smallest absolute Gasteiger partial charge is 0.263 e. The number of nitrogens with zero attached hydrogens (tertiary/aromatic N) is 1. The molecule has 0 aromatic rings. The van der Waals surface area contributed by atoms with Crippen LogP contribution in [0.3, 0.4) is 0 Å². The molecular formula is C12H26AlN. The standard InChI is InChI=1S/C8H18N.C4H8.Al/c1-4-7-9(6-3)8-5-2;1-3-4-2;/h3-8H2,1-2H3;1-4H2;. The molecule has 1 saturated heterocycles. The molecule has 2 heteroatoms. The van der Waals surface area contributed by atoms with E-state index in [1.807, 2.05) is 0 Å². The topological polar surface area (TPSA) is 3.24 Å². The maximum Gasteiger partial charge on any atom is 0.263 e. The molecule has 0 spiro atoms. The van der Waals surface area contributed by atoms with Gasteiger partial charge in [-0.25, -0.2) is 0 Å². The van der Waals surface area contributed by atoms with Crippen molar-refractivity contribution in [1.29, 1.82) is 0 Å². The number of hydrogen-bond donors (Lipinski definition) is 0. The molecule has 0 amide bonds. The summed E-state index contributed by atoms with van der Waals surface area (Å²) in [7, 11) is 0. The zero-order valence-corrected chi connectivity index (χ0v) is 11.3. The maximum absolute atomic E-state index is 2.69. The van der Waals surface area contributed by atoms with Crippen LogP contribution in [0.25, 0.3) is 0 Å². The predicted molar refractivity (Wildman–Crippen MR) is 66.4 cm³/mol. The first-order chi connectivity index (χ1) is 6.86. The summed E-state index contributed by atoms with van der Waals surface area (Å²) in [5.74, 6) is 0. The molecule has 1 fully saturated rings. The van der Waals surface area contributed by atoms with Crippen LogP contribution < -0.4 is 0 Å². The molecule has 0 aromatic heterocycles.